The summed E-state index contributed by atoms with van der Waals surface area (Å²) in [5.41, 5.74) is 8.76. The third-order valence-electron chi connectivity index (χ3n) is 3.87. The van der Waals surface area contributed by atoms with Crippen molar-refractivity contribution in [3.8, 4) is 0 Å². The summed E-state index contributed by atoms with van der Waals surface area (Å²) in [4.78, 5) is 7.11. The molecule has 2 aromatic rings. The fourth-order valence-corrected chi connectivity index (χ4v) is 2.88. The molecule has 0 aliphatic carbocycles. The molecule has 0 fully saturated rings. The van der Waals surface area contributed by atoms with Crippen molar-refractivity contribution in [2.45, 2.75) is 53.2 Å². The van der Waals surface area contributed by atoms with Crippen LogP contribution >= 0.6 is 0 Å². The molecular formula is C16H26N4. The number of nitrogens with zero attached hydrogens (tertiary/aromatic N) is 3. The summed E-state index contributed by atoms with van der Waals surface area (Å²) in [6.07, 6.45) is 0. The molecule has 0 radical (unpaired) electrons. The lowest BCUT2D eigenvalue weighted by molar-refractivity contribution is 0.168. The summed E-state index contributed by atoms with van der Waals surface area (Å²) in [6, 6.07) is 7.07. The third-order valence-corrected chi connectivity index (χ3v) is 3.87. The van der Waals surface area contributed by atoms with Crippen LogP contribution in [0.25, 0.3) is 11.0 Å². The lowest BCUT2D eigenvalue weighted by atomic mass is 10.2. The van der Waals surface area contributed by atoms with Crippen molar-refractivity contribution in [3.63, 3.8) is 0 Å². The maximum atomic E-state index is 5.83. The molecule has 1 aromatic heterocycles. The molecule has 0 aliphatic rings. The minimum Gasteiger partial charge on any atom is -0.399 e. The van der Waals surface area contributed by atoms with Gasteiger partial charge in [0.05, 0.1) is 11.0 Å². The Morgan fingerprint density at radius 1 is 1.20 bits per heavy atom. The molecule has 4 nitrogen and oxygen atoms in total. The second kappa shape index (κ2) is 5.83. The molecule has 0 spiro atoms. The minimum absolute atomic E-state index is 0.556. The number of anilines is 1. The van der Waals surface area contributed by atoms with E-state index >= 15 is 0 Å². The first kappa shape index (κ1) is 14.9. The van der Waals surface area contributed by atoms with Gasteiger partial charge in [-0.25, -0.2) is 4.98 Å². The SMILES string of the molecule is Cc1nc2cc(N)ccc2n1CCN(C(C)C)C(C)C. The summed E-state index contributed by atoms with van der Waals surface area (Å²) >= 11 is 0. The van der Waals surface area contributed by atoms with E-state index in [0.717, 1.165) is 30.1 Å². The average Bonchev–Trinajstić information content (AvgIpc) is 2.64. The number of aryl methyl sites for hydroxylation is 1. The van der Waals surface area contributed by atoms with Crippen molar-refractivity contribution in [2.24, 2.45) is 0 Å². The van der Waals surface area contributed by atoms with Gasteiger partial charge in [0.2, 0.25) is 0 Å². The van der Waals surface area contributed by atoms with Gasteiger partial charge in [0.1, 0.15) is 5.82 Å². The quantitative estimate of drug-likeness (QED) is 0.852. The standard InChI is InChI=1S/C16H26N4/c1-11(2)19(12(3)4)8-9-20-13(5)18-15-10-14(17)6-7-16(15)20/h6-7,10-12H,8-9,17H2,1-5H3. The Bertz CT molecular complexity index is 575. The second-order valence-corrected chi connectivity index (χ2v) is 5.98. The average molecular weight is 274 g/mol. The summed E-state index contributed by atoms with van der Waals surface area (Å²) in [5, 5.41) is 0. The predicted octanol–water partition coefficient (Wildman–Crippen LogP) is 3.05. The molecule has 0 bridgehead atoms. The zero-order valence-electron chi connectivity index (χ0n) is 13.2. The Morgan fingerprint density at radius 2 is 1.85 bits per heavy atom. The van der Waals surface area contributed by atoms with E-state index in [4.69, 9.17) is 5.73 Å². The van der Waals surface area contributed by atoms with Crippen molar-refractivity contribution in [3.05, 3.63) is 24.0 Å². The molecule has 20 heavy (non-hydrogen) atoms. The Hall–Kier alpha value is -1.55. The lowest BCUT2D eigenvalue weighted by Gasteiger charge is -2.30. The lowest BCUT2D eigenvalue weighted by Crippen LogP contribution is -2.39. The zero-order chi connectivity index (χ0) is 14.9. The van der Waals surface area contributed by atoms with Gasteiger partial charge < -0.3 is 10.3 Å². The van der Waals surface area contributed by atoms with Gasteiger partial charge in [0.25, 0.3) is 0 Å². The van der Waals surface area contributed by atoms with Crippen LogP contribution in [0.3, 0.4) is 0 Å². The van der Waals surface area contributed by atoms with Crippen LogP contribution in [0.5, 0.6) is 0 Å². The van der Waals surface area contributed by atoms with Gasteiger partial charge in [-0.2, -0.15) is 0 Å². The number of aromatic nitrogens is 2. The zero-order valence-corrected chi connectivity index (χ0v) is 13.2. The Kier molecular flexibility index (Phi) is 4.33. The van der Waals surface area contributed by atoms with Crippen LogP contribution in [0, 0.1) is 6.92 Å². The van der Waals surface area contributed by atoms with Crippen LogP contribution in [0.2, 0.25) is 0 Å². The minimum atomic E-state index is 0.556. The number of rotatable bonds is 5. The number of nitrogen functional groups attached to an aromatic ring is 1. The Balaban J connectivity index is 2.23. The molecule has 0 atom stereocenters. The third kappa shape index (κ3) is 2.96. The van der Waals surface area contributed by atoms with E-state index in [-0.39, 0.29) is 0 Å². The van der Waals surface area contributed by atoms with Crippen molar-refractivity contribution in [1.82, 2.24) is 14.5 Å². The highest BCUT2D eigenvalue weighted by atomic mass is 15.2. The van der Waals surface area contributed by atoms with Gasteiger partial charge in [-0.05, 0) is 52.8 Å². The highest BCUT2D eigenvalue weighted by Crippen LogP contribution is 2.19. The van der Waals surface area contributed by atoms with Gasteiger partial charge in [-0.1, -0.05) is 0 Å². The Labute approximate surface area is 121 Å². The van der Waals surface area contributed by atoms with E-state index in [2.05, 4.69) is 55.1 Å². The molecule has 1 heterocycles. The van der Waals surface area contributed by atoms with Crippen LogP contribution in [0.4, 0.5) is 5.69 Å². The first-order valence-corrected chi connectivity index (χ1v) is 7.38. The van der Waals surface area contributed by atoms with Gasteiger partial charge >= 0.3 is 0 Å². The molecule has 0 unspecified atom stereocenters. The van der Waals surface area contributed by atoms with E-state index in [1.807, 2.05) is 12.1 Å². The summed E-state index contributed by atoms with van der Waals surface area (Å²) in [5.74, 6) is 1.05. The highest BCUT2D eigenvalue weighted by Gasteiger charge is 2.14. The van der Waals surface area contributed by atoms with E-state index in [1.54, 1.807) is 0 Å². The predicted molar refractivity (Wildman–Crippen MR) is 85.9 cm³/mol. The summed E-state index contributed by atoms with van der Waals surface area (Å²) in [7, 11) is 0. The largest absolute Gasteiger partial charge is 0.399 e. The molecule has 0 aliphatic heterocycles. The maximum Gasteiger partial charge on any atom is 0.106 e. The molecule has 4 heteroatoms. The van der Waals surface area contributed by atoms with Gasteiger partial charge in [-0.3, -0.25) is 4.90 Å². The molecular weight excluding hydrogens is 248 g/mol. The first-order chi connectivity index (χ1) is 9.40. The summed E-state index contributed by atoms with van der Waals surface area (Å²) < 4.78 is 2.28. The van der Waals surface area contributed by atoms with Crippen molar-refractivity contribution in [2.75, 3.05) is 12.3 Å². The molecule has 0 saturated heterocycles. The molecule has 0 saturated carbocycles. The van der Waals surface area contributed by atoms with Crippen LogP contribution in [0.15, 0.2) is 18.2 Å². The van der Waals surface area contributed by atoms with Crippen LogP contribution in [0.1, 0.15) is 33.5 Å². The topological polar surface area (TPSA) is 47.1 Å². The molecule has 0 amide bonds. The number of fused-ring (bicyclic) bond motifs is 1. The number of nitrogens with two attached hydrogens (primary N) is 1. The molecule has 2 N–H and O–H groups in total. The maximum absolute atomic E-state index is 5.83. The number of hydrogen-bond donors (Lipinski definition) is 1. The van der Waals surface area contributed by atoms with Crippen molar-refractivity contribution < 1.29 is 0 Å². The monoisotopic (exact) mass is 274 g/mol. The number of hydrogen-bond acceptors (Lipinski definition) is 3. The summed E-state index contributed by atoms with van der Waals surface area (Å²) in [6.45, 7) is 13.1. The normalized spacial score (nSPS) is 12.2. The van der Waals surface area contributed by atoms with Crippen molar-refractivity contribution in [1.29, 1.82) is 0 Å². The Morgan fingerprint density at radius 3 is 2.45 bits per heavy atom. The fourth-order valence-electron chi connectivity index (χ4n) is 2.88. The van der Waals surface area contributed by atoms with E-state index < -0.39 is 0 Å². The molecule has 110 valence electrons. The van der Waals surface area contributed by atoms with Gasteiger partial charge in [-0.15, -0.1) is 0 Å². The van der Waals surface area contributed by atoms with Crippen LogP contribution < -0.4 is 5.73 Å². The van der Waals surface area contributed by atoms with Gasteiger partial charge in [0, 0.05) is 30.9 Å². The fraction of sp³-hybridized carbons (Fsp3) is 0.562. The molecule has 1 aromatic carbocycles. The number of benzene rings is 1. The van der Waals surface area contributed by atoms with Crippen LogP contribution in [-0.2, 0) is 6.54 Å². The number of imidazole rings is 1. The van der Waals surface area contributed by atoms with Crippen molar-refractivity contribution >= 4 is 16.7 Å². The van der Waals surface area contributed by atoms with Crippen LogP contribution in [-0.4, -0.2) is 33.1 Å². The van der Waals surface area contributed by atoms with E-state index in [9.17, 15) is 0 Å². The highest BCUT2D eigenvalue weighted by molar-refractivity contribution is 5.79. The van der Waals surface area contributed by atoms with E-state index in [1.165, 1.54) is 5.52 Å². The molecule has 2 rings (SSSR count). The first-order valence-electron chi connectivity index (χ1n) is 7.38. The second-order valence-electron chi connectivity index (χ2n) is 5.98. The smallest absolute Gasteiger partial charge is 0.106 e. The van der Waals surface area contributed by atoms with E-state index in [0.29, 0.717) is 12.1 Å². The van der Waals surface area contributed by atoms with Gasteiger partial charge in [0.15, 0.2) is 0 Å².